The number of carbonyl (C=O) groups is 3. The number of imide groups is 1. The molecule has 0 N–H and O–H groups in total. The van der Waals surface area contributed by atoms with E-state index >= 15 is 0 Å². The Morgan fingerprint density at radius 1 is 1.14 bits per heavy atom. The topological polar surface area (TPSA) is 101 Å². The summed E-state index contributed by atoms with van der Waals surface area (Å²) >= 11 is 0. The first kappa shape index (κ1) is 17.8. The molecule has 0 bridgehead atoms. The van der Waals surface area contributed by atoms with E-state index in [0.717, 1.165) is 35.1 Å². The minimum absolute atomic E-state index is 0.0425. The van der Waals surface area contributed by atoms with E-state index in [2.05, 4.69) is 0 Å². The van der Waals surface area contributed by atoms with Crippen LogP contribution in [0.5, 0.6) is 0 Å². The summed E-state index contributed by atoms with van der Waals surface area (Å²) in [4.78, 5) is 51.1. The van der Waals surface area contributed by atoms with E-state index in [-0.39, 0.29) is 28.8 Å². The van der Waals surface area contributed by atoms with E-state index in [4.69, 9.17) is 0 Å². The fourth-order valence-corrected chi connectivity index (χ4v) is 3.82. The van der Waals surface area contributed by atoms with Crippen molar-refractivity contribution in [2.45, 2.75) is 25.8 Å². The normalized spacial score (nSPS) is 18.1. The maximum atomic E-state index is 13.0. The highest BCUT2D eigenvalue weighted by Crippen LogP contribution is 2.32. The summed E-state index contributed by atoms with van der Waals surface area (Å²) in [7, 11) is 0. The van der Waals surface area contributed by atoms with Crippen molar-refractivity contribution in [1.29, 1.82) is 0 Å². The van der Waals surface area contributed by atoms with Gasteiger partial charge in [-0.3, -0.25) is 29.4 Å². The second kappa shape index (κ2) is 6.56. The summed E-state index contributed by atoms with van der Waals surface area (Å²) < 4.78 is 0. The number of nitro benzene ring substituents is 1. The van der Waals surface area contributed by atoms with Crippen LogP contribution in [0.15, 0.2) is 42.5 Å². The number of hydrogen-bond acceptors (Lipinski definition) is 5. The minimum atomic E-state index is -0.685. The van der Waals surface area contributed by atoms with Gasteiger partial charge in [-0.1, -0.05) is 18.2 Å². The van der Waals surface area contributed by atoms with Gasteiger partial charge < -0.3 is 4.90 Å². The quantitative estimate of drug-likeness (QED) is 0.463. The summed E-state index contributed by atoms with van der Waals surface area (Å²) in [6, 6.07) is 11.0. The molecule has 0 spiro atoms. The average molecular weight is 379 g/mol. The van der Waals surface area contributed by atoms with Gasteiger partial charge in [-0.25, -0.2) is 0 Å². The molecular formula is C20H17N3O5. The zero-order valence-electron chi connectivity index (χ0n) is 15.1. The number of hydrogen-bond donors (Lipinski definition) is 0. The molecule has 0 saturated heterocycles. The number of rotatable bonds is 3. The Hall–Kier alpha value is -3.55. The largest absolute Gasteiger partial charge is 0.308 e. The van der Waals surface area contributed by atoms with Crippen molar-refractivity contribution in [3.8, 4) is 0 Å². The van der Waals surface area contributed by atoms with Crippen LogP contribution >= 0.6 is 0 Å². The van der Waals surface area contributed by atoms with Gasteiger partial charge in [0.15, 0.2) is 0 Å². The third-order valence-corrected chi connectivity index (χ3v) is 5.25. The predicted molar refractivity (Wildman–Crippen MR) is 100 cm³/mol. The van der Waals surface area contributed by atoms with E-state index in [0.29, 0.717) is 0 Å². The molecular weight excluding hydrogens is 362 g/mol. The zero-order valence-corrected chi connectivity index (χ0v) is 15.1. The molecule has 0 aliphatic carbocycles. The Kier molecular flexibility index (Phi) is 4.18. The highest BCUT2D eigenvalue weighted by Gasteiger charge is 2.39. The Morgan fingerprint density at radius 3 is 2.61 bits per heavy atom. The lowest BCUT2D eigenvalue weighted by Gasteiger charge is -2.36. The molecule has 3 amide bonds. The lowest BCUT2D eigenvalue weighted by molar-refractivity contribution is -0.384. The van der Waals surface area contributed by atoms with Crippen molar-refractivity contribution in [1.82, 2.24) is 4.90 Å². The lowest BCUT2D eigenvalue weighted by Crippen LogP contribution is -2.48. The first-order chi connectivity index (χ1) is 13.4. The molecule has 2 aromatic carbocycles. The molecule has 2 aromatic rings. The summed E-state index contributed by atoms with van der Waals surface area (Å²) in [6.45, 7) is 1.53. The van der Waals surface area contributed by atoms with Gasteiger partial charge in [-0.2, -0.15) is 0 Å². The van der Waals surface area contributed by atoms with Crippen molar-refractivity contribution < 1.29 is 19.3 Å². The van der Waals surface area contributed by atoms with Gasteiger partial charge in [0.05, 0.1) is 16.1 Å². The maximum Gasteiger partial charge on any atom is 0.270 e. The van der Waals surface area contributed by atoms with Crippen LogP contribution in [0, 0.1) is 10.1 Å². The number of nitro groups is 1. The third-order valence-electron chi connectivity index (χ3n) is 5.25. The van der Waals surface area contributed by atoms with E-state index in [9.17, 15) is 24.5 Å². The van der Waals surface area contributed by atoms with Crippen LogP contribution in [-0.4, -0.2) is 40.1 Å². The number of fused-ring (bicyclic) bond motifs is 2. The van der Waals surface area contributed by atoms with Crippen molar-refractivity contribution in [2.24, 2.45) is 0 Å². The molecule has 0 saturated carbocycles. The molecule has 1 atom stereocenters. The first-order valence-electron chi connectivity index (χ1n) is 8.93. The lowest BCUT2D eigenvalue weighted by atomic mass is 9.96. The molecule has 142 valence electrons. The van der Waals surface area contributed by atoms with E-state index < -0.39 is 23.3 Å². The number of carbonyl (C=O) groups excluding carboxylic acids is 3. The number of anilines is 1. The number of benzene rings is 2. The number of para-hydroxylation sites is 1. The van der Waals surface area contributed by atoms with Crippen molar-refractivity contribution in [3.05, 3.63) is 69.3 Å². The number of aryl methyl sites for hydroxylation is 1. The molecule has 0 radical (unpaired) electrons. The van der Waals surface area contributed by atoms with E-state index in [1.165, 1.54) is 12.1 Å². The standard InChI is InChI=1S/C20H17N3O5/c1-12-6-7-13-4-2-3-5-17(13)22(12)18(24)11-21-19(25)15-9-8-14(23(27)28)10-16(15)20(21)26/h2-5,8-10,12H,6-7,11H2,1H3/t12-/m0/s1. The molecule has 2 aliphatic heterocycles. The second-order valence-corrected chi connectivity index (χ2v) is 6.96. The van der Waals surface area contributed by atoms with Crippen LogP contribution in [0.4, 0.5) is 11.4 Å². The molecule has 0 fully saturated rings. The summed E-state index contributed by atoms with van der Waals surface area (Å²) in [5, 5.41) is 10.9. The molecule has 8 heteroatoms. The van der Waals surface area contributed by atoms with Gasteiger partial charge in [-0.15, -0.1) is 0 Å². The van der Waals surface area contributed by atoms with Gasteiger partial charge in [0, 0.05) is 23.9 Å². The summed E-state index contributed by atoms with van der Waals surface area (Å²) in [5.74, 6) is -1.65. The van der Waals surface area contributed by atoms with Gasteiger partial charge >= 0.3 is 0 Å². The highest BCUT2D eigenvalue weighted by atomic mass is 16.6. The SMILES string of the molecule is C[C@H]1CCc2ccccc2N1C(=O)CN1C(=O)c2ccc([N+](=O)[O-])cc2C1=O. The average Bonchev–Trinajstić information content (AvgIpc) is 2.92. The number of amides is 3. The monoisotopic (exact) mass is 379 g/mol. The summed E-state index contributed by atoms with van der Waals surface area (Å²) in [5.41, 5.74) is 1.60. The van der Waals surface area contributed by atoms with E-state index in [1.807, 2.05) is 31.2 Å². The van der Waals surface area contributed by atoms with Gasteiger partial charge in [0.1, 0.15) is 6.54 Å². The summed E-state index contributed by atoms with van der Waals surface area (Å²) in [6.07, 6.45) is 1.65. The Balaban J connectivity index is 1.61. The second-order valence-electron chi connectivity index (χ2n) is 6.96. The fourth-order valence-electron chi connectivity index (χ4n) is 3.82. The Labute approximate surface area is 160 Å². The van der Waals surface area contributed by atoms with Crippen LogP contribution in [0.1, 0.15) is 39.6 Å². The molecule has 0 aromatic heterocycles. The third kappa shape index (κ3) is 2.74. The van der Waals surface area contributed by atoms with E-state index in [1.54, 1.807) is 4.90 Å². The minimum Gasteiger partial charge on any atom is -0.308 e. The smallest absolute Gasteiger partial charge is 0.270 e. The maximum absolute atomic E-state index is 13.0. The Bertz CT molecular complexity index is 1030. The van der Waals surface area contributed by atoms with Crippen molar-refractivity contribution in [3.63, 3.8) is 0 Å². The fraction of sp³-hybridized carbons (Fsp3) is 0.250. The molecule has 28 heavy (non-hydrogen) atoms. The number of non-ortho nitro benzene ring substituents is 1. The van der Waals surface area contributed by atoms with Gasteiger partial charge in [0.25, 0.3) is 17.5 Å². The van der Waals surface area contributed by atoms with Crippen LogP contribution in [0.2, 0.25) is 0 Å². The zero-order chi connectivity index (χ0) is 20.0. The van der Waals surface area contributed by atoms with Crippen LogP contribution < -0.4 is 4.90 Å². The Morgan fingerprint density at radius 2 is 1.86 bits per heavy atom. The molecule has 2 aliphatic rings. The molecule has 8 nitrogen and oxygen atoms in total. The first-order valence-corrected chi connectivity index (χ1v) is 8.93. The number of nitrogens with zero attached hydrogens (tertiary/aromatic N) is 3. The van der Waals surface area contributed by atoms with Crippen LogP contribution in [-0.2, 0) is 11.2 Å². The molecule has 2 heterocycles. The highest BCUT2D eigenvalue weighted by molar-refractivity contribution is 6.23. The van der Waals surface area contributed by atoms with Gasteiger partial charge in [0.2, 0.25) is 5.91 Å². The molecule has 0 unspecified atom stereocenters. The van der Waals surface area contributed by atoms with Crippen LogP contribution in [0.3, 0.4) is 0 Å². The van der Waals surface area contributed by atoms with Crippen molar-refractivity contribution >= 4 is 29.1 Å². The van der Waals surface area contributed by atoms with Crippen LogP contribution in [0.25, 0.3) is 0 Å². The molecule has 4 rings (SSSR count). The van der Waals surface area contributed by atoms with Crippen molar-refractivity contribution in [2.75, 3.05) is 11.4 Å². The predicted octanol–water partition coefficient (Wildman–Crippen LogP) is 2.56. The van der Waals surface area contributed by atoms with Gasteiger partial charge in [-0.05, 0) is 37.5 Å².